The van der Waals surface area contributed by atoms with E-state index in [1.165, 1.54) is 19.3 Å². The Morgan fingerprint density at radius 2 is 1.75 bits per heavy atom. The third kappa shape index (κ3) is 3.87. The van der Waals surface area contributed by atoms with Crippen molar-refractivity contribution < 1.29 is 14.7 Å². The molecule has 0 aromatic carbocycles. The molecule has 0 aromatic rings. The van der Waals surface area contributed by atoms with Gasteiger partial charge in [0.05, 0.1) is 5.41 Å². The number of hydrogen-bond donors (Lipinski definition) is 3. The van der Waals surface area contributed by atoms with Crippen molar-refractivity contribution in [1.29, 1.82) is 0 Å². The molecule has 5 heteroatoms. The first kappa shape index (κ1) is 15.1. The molecule has 3 N–H and O–H groups in total. The van der Waals surface area contributed by atoms with E-state index < -0.39 is 11.4 Å². The van der Waals surface area contributed by atoms with Crippen LogP contribution in [-0.4, -0.2) is 30.2 Å². The fourth-order valence-electron chi connectivity index (χ4n) is 3.18. The van der Waals surface area contributed by atoms with E-state index >= 15 is 0 Å². The summed E-state index contributed by atoms with van der Waals surface area (Å²) in [7, 11) is 0. The summed E-state index contributed by atoms with van der Waals surface area (Å²) in [5, 5.41) is 15.0. The number of carboxylic acid groups (broad SMARTS) is 1. The molecule has 114 valence electrons. The van der Waals surface area contributed by atoms with Crippen LogP contribution < -0.4 is 10.6 Å². The highest BCUT2D eigenvalue weighted by Crippen LogP contribution is 2.36. The van der Waals surface area contributed by atoms with Crippen LogP contribution in [0.3, 0.4) is 0 Å². The molecule has 0 bridgehead atoms. The van der Waals surface area contributed by atoms with Crippen LogP contribution in [0.25, 0.3) is 0 Å². The Hall–Kier alpha value is -1.26. The second-order valence-corrected chi connectivity index (χ2v) is 6.34. The third-order valence-electron chi connectivity index (χ3n) is 4.91. The molecule has 2 fully saturated rings. The molecule has 2 aliphatic rings. The molecule has 2 amide bonds. The highest BCUT2D eigenvalue weighted by Gasteiger charge is 2.39. The summed E-state index contributed by atoms with van der Waals surface area (Å²) in [6.45, 7) is 0.939. The van der Waals surface area contributed by atoms with Crippen molar-refractivity contribution in [2.75, 3.05) is 13.1 Å². The van der Waals surface area contributed by atoms with Crippen molar-refractivity contribution in [3.8, 4) is 0 Å². The van der Waals surface area contributed by atoms with Crippen LogP contribution in [0.4, 0.5) is 4.79 Å². The zero-order chi connectivity index (χ0) is 14.4. The highest BCUT2D eigenvalue weighted by molar-refractivity contribution is 5.78. The summed E-state index contributed by atoms with van der Waals surface area (Å²) in [6.07, 6.45) is 9.25. The van der Waals surface area contributed by atoms with Gasteiger partial charge in [0, 0.05) is 13.1 Å². The Morgan fingerprint density at radius 3 is 2.30 bits per heavy atom. The fraction of sp³-hybridized carbons (Fsp3) is 0.867. The number of carboxylic acids is 1. The molecule has 2 aliphatic carbocycles. The van der Waals surface area contributed by atoms with Crippen molar-refractivity contribution in [3.05, 3.63) is 0 Å². The van der Waals surface area contributed by atoms with Crippen molar-refractivity contribution >= 4 is 12.0 Å². The van der Waals surface area contributed by atoms with Crippen molar-refractivity contribution in [3.63, 3.8) is 0 Å². The maximum absolute atomic E-state index is 11.7. The van der Waals surface area contributed by atoms with Gasteiger partial charge in [-0.3, -0.25) is 4.79 Å². The van der Waals surface area contributed by atoms with Crippen LogP contribution in [0.5, 0.6) is 0 Å². The average molecular weight is 282 g/mol. The number of hydrogen-bond acceptors (Lipinski definition) is 2. The minimum atomic E-state index is -0.771. The maximum Gasteiger partial charge on any atom is 0.314 e. The average Bonchev–Trinajstić information content (AvgIpc) is 2.40. The number of rotatable bonds is 6. The molecule has 0 unspecified atom stereocenters. The zero-order valence-electron chi connectivity index (χ0n) is 12.1. The molecule has 20 heavy (non-hydrogen) atoms. The second kappa shape index (κ2) is 6.95. The van der Waals surface area contributed by atoms with E-state index in [-0.39, 0.29) is 12.6 Å². The largest absolute Gasteiger partial charge is 0.481 e. The molecular formula is C15H26N2O3. The van der Waals surface area contributed by atoms with Crippen molar-refractivity contribution in [1.82, 2.24) is 10.6 Å². The second-order valence-electron chi connectivity index (χ2n) is 6.34. The van der Waals surface area contributed by atoms with E-state index in [1.807, 2.05) is 0 Å². The summed E-state index contributed by atoms with van der Waals surface area (Å²) in [5.41, 5.74) is -0.746. The number of amides is 2. The monoisotopic (exact) mass is 282 g/mol. The molecule has 0 saturated heterocycles. The normalized spacial score (nSPS) is 21.8. The summed E-state index contributed by atoms with van der Waals surface area (Å²) in [5.74, 6) is 0.00553. The van der Waals surface area contributed by atoms with Gasteiger partial charge in [-0.05, 0) is 25.2 Å². The summed E-state index contributed by atoms with van der Waals surface area (Å²) < 4.78 is 0. The number of nitrogens with one attached hydrogen (secondary N) is 2. The van der Waals surface area contributed by atoms with Crippen LogP contribution >= 0.6 is 0 Å². The highest BCUT2D eigenvalue weighted by atomic mass is 16.4. The number of urea groups is 1. The van der Waals surface area contributed by atoms with E-state index in [4.69, 9.17) is 0 Å². The lowest BCUT2D eigenvalue weighted by Gasteiger charge is -2.33. The molecule has 0 aromatic heterocycles. The summed E-state index contributed by atoms with van der Waals surface area (Å²) >= 11 is 0. The molecule has 0 radical (unpaired) electrons. The molecule has 2 saturated carbocycles. The Kier molecular flexibility index (Phi) is 5.26. The lowest BCUT2D eigenvalue weighted by atomic mass is 9.74. The molecule has 2 rings (SSSR count). The smallest absolute Gasteiger partial charge is 0.314 e. The lowest BCUT2D eigenvalue weighted by molar-refractivity contribution is -0.150. The van der Waals surface area contributed by atoms with Gasteiger partial charge in [-0.25, -0.2) is 4.79 Å². The fourth-order valence-corrected chi connectivity index (χ4v) is 3.18. The first-order valence-electron chi connectivity index (χ1n) is 7.87. The summed E-state index contributed by atoms with van der Waals surface area (Å²) in [4.78, 5) is 23.2. The van der Waals surface area contributed by atoms with Gasteiger partial charge in [-0.2, -0.15) is 0 Å². The lowest BCUT2D eigenvalue weighted by Crippen LogP contribution is -2.47. The van der Waals surface area contributed by atoms with E-state index in [2.05, 4.69) is 10.6 Å². The van der Waals surface area contributed by atoms with Gasteiger partial charge in [-0.15, -0.1) is 0 Å². The minimum Gasteiger partial charge on any atom is -0.481 e. The Labute approximate surface area is 120 Å². The van der Waals surface area contributed by atoms with Crippen LogP contribution in [0.1, 0.15) is 57.8 Å². The number of aliphatic carboxylic acids is 1. The predicted octanol–water partition coefficient (Wildman–Crippen LogP) is 2.51. The van der Waals surface area contributed by atoms with Gasteiger partial charge < -0.3 is 15.7 Å². The zero-order valence-corrected chi connectivity index (χ0v) is 12.1. The molecular weight excluding hydrogens is 256 g/mol. The van der Waals surface area contributed by atoms with E-state index in [0.717, 1.165) is 31.6 Å². The first-order valence-corrected chi connectivity index (χ1v) is 7.87. The third-order valence-corrected chi connectivity index (χ3v) is 4.91. The summed E-state index contributed by atoms with van der Waals surface area (Å²) in [6, 6.07) is -0.226. The Balaban J connectivity index is 1.68. The number of carbonyl (C=O) groups is 2. The molecule has 0 aliphatic heterocycles. The molecule has 0 spiro atoms. The van der Waals surface area contributed by atoms with E-state index in [0.29, 0.717) is 19.4 Å². The first-order chi connectivity index (χ1) is 9.62. The molecule has 0 atom stereocenters. The van der Waals surface area contributed by atoms with Crippen LogP contribution in [0.15, 0.2) is 0 Å². The number of carbonyl (C=O) groups excluding carboxylic acids is 1. The van der Waals surface area contributed by atoms with Gasteiger partial charge >= 0.3 is 12.0 Å². The van der Waals surface area contributed by atoms with Gasteiger partial charge in [0.2, 0.25) is 0 Å². The predicted molar refractivity (Wildman–Crippen MR) is 76.5 cm³/mol. The van der Waals surface area contributed by atoms with Crippen molar-refractivity contribution in [2.24, 2.45) is 11.3 Å². The SMILES string of the molecule is O=C(NCCC1CCC1)NCC1(C(=O)O)CCCCC1. The maximum atomic E-state index is 11.7. The van der Waals surface area contributed by atoms with E-state index in [1.54, 1.807) is 0 Å². The Morgan fingerprint density at radius 1 is 1.05 bits per heavy atom. The van der Waals surface area contributed by atoms with Gasteiger partial charge in [0.25, 0.3) is 0 Å². The molecule has 0 heterocycles. The quantitative estimate of drug-likeness (QED) is 0.700. The van der Waals surface area contributed by atoms with Gasteiger partial charge in [0.1, 0.15) is 0 Å². The topological polar surface area (TPSA) is 78.4 Å². The van der Waals surface area contributed by atoms with Crippen molar-refractivity contribution in [2.45, 2.75) is 57.8 Å². The standard InChI is InChI=1S/C15H26N2O3/c18-13(19)15(8-2-1-3-9-15)11-17-14(20)16-10-7-12-5-4-6-12/h12H,1-11H2,(H,18,19)(H2,16,17,20). The molecule has 5 nitrogen and oxygen atoms in total. The van der Waals surface area contributed by atoms with Crippen LogP contribution in [0.2, 0.25) is 0 Å². The minimum absolute atomic E-state index is 0.226. The van der Waals surface area contributed by atoms with Crippen LogP contribution in [0, 0.1) is 11.3 Å². The van der Waals surface area contributed by atoms with Gasteiger partial charge in [0.15, 0.2) is 0 Å². The Bertz CT molecular complexity index is 347. The van der Waals surface area contributed by atoms with E-state index in [9.17, 15) is 14.7 Å². The van der Waals surface area contributed by atoms with Crippen LogP contribution in [-0.2, 0) is 4.79 Å². The van der Waals surface area contributed by atoms with Gasteiger partial charge in [-0.1, -0.05) is 38.5 Å².